The molecule has 0 radical (unpaired) electrons. The summed E-state index contributed by atoms with van der Waals surface area (Å²) in [5, 5.41) is 5.66. The molecule has 2 amide bonds. The van der Waals surface area contributed by atoms with Crippen molar-refractivity contribution in [3.63, 3.8) is 0 Å². The zero-order chi connectivity index (χ0) is 22.7. The second-order valence-electron chi connectivity index (χ2n) is 8.51. The first-order valence-corrected chi connectivity index (χ1v) is 10.9. The maximum atomic E-state index is 12.9. The Kier molecular flexibility index (Phi) is 6.08. The molecule has 1 saturated heterocycles. The lowest BCUT2D eigenvalue weighted by Crippen LogP contribution is -2.43. The molecule has 1 heterocycles. The number of ether oxygens (including phenoxy) is 1. The van der Waals surface area contributed by atoms with Crippen molar-refractivity contribution in [2.24, 2.45) is 5.92 Å². The van der Waals surface area contributed by atoms with Gasteiger partial charge in [0.05, 0.1) is 12.3 Å². The zero-order valence-electron chi connectivity index (χ0n) is 18.0. The van der Waals surface area contributed by atoms with Gasteiger partial charge in [-0.15, -0.1) is 0 Å². The van der Waals surface area contributed by atoms with Crippen LogP contribution in [0, 0.1) is 5.92 Å². The fourth-order valence-electron chi connectivity index (χ4n) is 4.55. The van der Waals surface area contributed by atoms with Crippen molar-refractivity contribution in [2.75, 3.05) is 10.6 Å². The topological polar surface area (TPSA) is 102 Å². The van der Waals surface area contributed by atoms with Crippen molar-refractivity contribution < 1.29 is 23.9 Å². The van der Waals surface area contributed by atoms with Crippen LogP contribution in [0.1, 0.15) is 66.2 Å². The van der Waals surface area contributed by atoms with Gasteiger partial charge < -0.3 is 15.4 Å². The molecule has 1 spiro atoms. The summed E-state index contributed by atoms with van der Waals surface area (Å²) in [6.07, 6.45) is 4.57. The molecule has 1 aliphatic heterocycles. The normalized spacial score (nSPS) is 19.3. The Labute approximate surface area is 186 Å². The van der Waals surface area contributed by atoms with Crippen molar-refractivity contribution in [3.05, 3.63) is 59.7 Å². The predicted octanol–water partition coefficient (Wildman–Crippen LogP) is 4.35. The Balaban J connectivity index is 1.39. The maximum Gasteiger partial charge on any atom is 0.307 e. The highest BCUT2D eigenvalue weighted by molar-refractivity contribution is 6.05. The summed E-state index contributed by atoms with van der Waals surface area (Å²) in [5.74, 6) is -1.36. The van der Waals surface area contributed by atoms with Gasteiger partial charge in [-0.05, 0) is 81.1 Å². The molecular weight excluding hydrogens is 408 g/mol. The van der Waals surface area contributed by atoms with E-state index in [2.05, 4.69) is 10.6 Å². The van der Waals surface area contributed by atoms with Gasteiger partial charge in [-0.3, -0.25) is 19.2 Å². The number of ketones is 1. The minimum Gasteiger partial charge on any atom is -0.458 e. The summed E-state index contributed by atoms with van der Waals surface area (Å²) in [6, 6.07) is 13.3. The van der Waals surface area contributed by atoms with Crippen LogP contribution < -0.4 is 10.6 Å². The van der Waals surface area contributed by atoms with Crippen molar-refractivity contribution in [1.29, 1.82) is 0 Å². The number of nitrogens with one attached hydrogen (secondary N) is 2. The fourth-order valence-corrected chi connectivity index (χ4v) is 4.55. The van der Waals surface area contributed by atoms with Gasteiger partial charge >= 0.3 is 5.97 Å². The van der Waals surface area contributed by atoms with Gasteiger partial charge in [-0.25, -0.2) is 0 Å². The van der Waals surface area contributed by atoms with Crippen molar-refractivity contribution in [2.45, 2.75) is 51.0 Å². The molecule has 2 aromatic carbocycles. The minimum absolute atomic E-state index is 0.0385. The number of rotatable bonds is 5. The molecule has 7 nitrogen and oxygen atoms in total. The van der Waals surface area contributed by atoms with E-state index in [4.69, 9.17) is 4.74 Å². The summed E-state index contributed by atoms with van der Waals surface area (Å²) in [6.45, 7) is 1.49. The molecule has 1 saturated carbocycles. The van der Waals surface area contributed by atoms with Crippen molar-refractivity contribution in [3.8, 4) is 0 Å². The highest BCUT2D eigenvalue weighted by Crippen LogP contribution is 2.44. The highest BCUT2D eigenvalue weighted by atomic mass is 16.6. The Morgan fingerprint density at radius 1 is 0.844 bits per heavy atom. The van der Waals surface area contributed by atoms with E-state index in [9.17, 15) is 19.2 Å². The van der Waals surface area contributed by atoms with Gasteiger partial charge in [-0.2, -0.15) is 0 Å². The second-order valence-corrected chi connectivity index (χ2v) is 8.51. The average molecular weight is 434 g/mol. The van der Waals surface area contributed by atoms with E-state index in [0.29, 0.717) is 22.5 Å². The number of hydrogen-bond donors (Lipinski definition) is 2. The number of carbonyl (C=O) groups excluding carboxylic acids is 4. The molecule has 166 valence electrons. The molecule has 0 aromatic heterocycles. The molecule has 32 heavy (non-hydrogen) atoms. The maximum absolute atomic E-state index is 12.9. The monoisotopic (exact) mass is 434 g/mol. The molecule has 1 atom stereocenters. The highest BCUT2D eigenvalue weighted by Gasteiger charge is 2.52. The van der Waals surface area contributed by atoms with E-state index in [1.807, 2.05) is 0 Å². The van der Waals surface area contributed by atoms with Gasteiger partial charge in [0.2, 0.25) is 5.91 Å². The third kappa shape index (κ3) is 4.56. The van der Waals surface area contributed by atoms with Gasteiger partial charge in [-0.1, -0.05) is 6.42 Å². The van der Waals surface area contributed by atoms with Crippen LogP contribution in [0.25, 0.3) is 0 Å². The first-order chi connectivity index (χ1) is 15.4. The van der Waals surface area contributed by atoms with Crippen LogP contribution in [0.2, 0.25) is 0 Å². The second kappa shape index (κ2) is 8.94. The van der Waals surface area contributed by atoms with Crippen LogP contribution in [0.4, 0.5) is 11.4 Å². The SMILES string of the molecule is CC(=O)c1ccc(NC(=O)c2ccc(NC(=O)C3CC(=O)OC34CCCCC4)cc2)cc1. The molecule has 7 heteroatoms. The van der Waals surface area contributed by atoms with E-state index in [-0.39, 0.29) is 30.0 Å². The molecule has 0 bridgehead atoms. The van der Waals surface area contributed by atoms with E-state index in [1.165, 1.54) is 6.92 Å². The lowest BCUT2D eigenvalue weighted by atomic mass is 9.75. The average Bonchev–Trinajstić information content (AvgIpc) is 3.10. The molecule has 1 aliphatic carbocycles. The number of benzene rings is 2. The predicted molar refractivity (Wildman–Crippen MR) is 119 cm³/mol. The summed E-state index contributed by atoms with van der Waals surface area (Å²) >= 11 is 0. The van der Waals surface area contributed by atoms with Gasteiger partial charge in [0.1, 0.15) is 5.60 Å². The van der Waals surface area contributed by atoms with Crippen LogP contribution in [0.15, 0.2) is 48.5 Å². The molecule has 4 rings (SSSR count). The van der Waals surface area contributed by atoms with Gasteiger partial charge in [0.25, 0.3) is 5.91 Å². The number of esters is 1. The quantitative estimate of drug-likeness (QED) is 0.538. The summed E-state index contributed by atoms with van der Waals surface area (Å²) in [7, 11) is 0. The number of amides is 2. The summed E-state index contributed by atoms with van der Waals surface area (Å²) in [5.41, 5.74) is 1.48. The summed E-state index contributed by atoms with van der Waals surface area (Å²) in [4.78, 5) is 48.7. The third-order valence-electron chi connectivity index (χ3n) is 6.30. The third-order valence-corrected chi connectivity index (χ3v) is 6.30. The van der Waals surface area contributed by atoms with E-state index < -0.39 is 11.5 Å². The Morgan fingerprint density at radius 2 is 1.41 bits per heavy atom. The Morgan fingerprint density at radius 3 is 2.00 bits per heavy atom. The van der Waals surface area contributed by atoms with Gasteiger partial charge in [0, 0.05) is 22.5 Å². The molecule has 2 N–H and O–H groups in total. The van der Waals surface area contributed by atoms with Gasteiger partial charge in [0.15, 0.2) is 5.78 Å². The van der Waals surface area contributed by atoms with E-state index in [1.54, 1.807) is 48.5 Å². The van der Waals surface area contributed by atoms with Crippen LogP contribution in [-0.2, 0) is 14.3 Å². The van der Waals surface area contributed by atoms with Crippen molar-refractivity contribution in [1.82, 2.24) is 0 Å². The largest absolute Gasteiger partial charge is 0.458 e. The Bertz CT molecular complexity index is 1040. The van der Waals surface area contributed by atoms with Crippen LogP contribution in [0.3, 0.4) is 0 Å². The number of carbonyl (C=O) groups is 4. The Hall–Kier alpha value is -3.48. The number of hydrogen-bond acceptors (Lipinski definition) is 5. The smallest absolute Gasteiger partial charge is 0.307 e. The molecule has 2 aliphatic rings. The van der Waals surface area contributed by atoms with Crippen LogP contribution in [0.5, 0.6) is 0 Å². The fraction of sp³-hybridized carbons (Fsp3) is 0.360. The first-order valence-electron chi connectivity index (χ1n) is 10.9. The van der Waals surface area contributed by atoms with E-state index >= 15 is 0 Å². The summed E-state index contributed by atoms with van der Waals surface area (Å²) < 4.78 is 5.62. The lowest BCUT2D eigenvalue weighted by molar-refractivity contribution is -0.153. The number of anilines is 2. The van der Waals surface area contributed by atoms with Crippen LogP contribution in [-0.4, -0.2) is 29.2 Å². The molecule has 1 unspecified atom stereocenters. The van der Waals surface area contributed by atoms with Crippen LogP contribution >= 0.6 is 0 Å². The zero-order valence-corrected chi connectivity index (χ0v) is 18.0. The molecule has 2 fully saturated rings. The first kappa shape index (κ1) is 21.7. The van der Waals surface area contributed by atoms with E-state index in [0.717, 1.165) is 32.1 Å². The molecule has 2 aromatic rings. The number of Topliss-reactive ketones (excluding diaryl/α,β-unsaturated/α-hetero) is 1. The standard InChI is InChI=1S/C25H26N2O5/c1-16(28)17-5-9-19(10-6-17)26-23(30)18-7-11-20(12-8-18)27-24(31)21-15-22(29)32-25(21)13-3-2-4-14-25/h5-12,21H,2-4,13-15H2,1H3,(H,26,30)(H,27,31). The van der Waals surface area contributed by atoms with Crippen molar-refractivity contribution >= 4 is 34.9 Å². The lowest BCUT2D eigenvalue weighted by Gasteiger charge is -2.36. The molecular formula is C25H26N2O5. The minimum atomic E-state index is -0.669.